The summed E-state index contributed by atoms with van der Waals surface area (Å²) in [5.74, 6) is 0.901. The summed E-state index contributed by atoms with van der Waals surface area (Å²) in [5, 5.41) is 2.23. The third kappa shape index (κ3) is 6.46. The van der Waals surface area contributed by atoms with Crippen molar-refractivity contribution in [2.45, 2.75) is 62.6 Å². The van der Waals surface area contributed by atoms with Crippen molar-refractivity contribution in [3.05, 3.63) is 60.4 Å². The normalized spacial score (nSPS) is 19.5. The molecule has 0 saturated carbocycles. The Kier molecular flexibility index (Phi) is 8.76. The van der Waals surface area contributed by atoms with Crippen LogP contribution in [0.1, 0.15) is 44.1 Å². The number of anilines is 1. The molecule has 10 heteroatoms. The molecule has 2 atom stereocenters. The minimum Gasteiger partial charge on any atom is -0.378 e. The van der Waals surface area contributed by atoms with E-state index in [0.717, 1.165) is 91.5 Å². The molecule has 2 aliphatic heterocycles. The lowest BCUT2D eigenvalue weighted by molar-refractivity contribution is -0.0338. The number of hydrogen-bond acceptors (Lipinski definition) is 8. The second-order valence-electron chi connectivity index (χ2n) is 11.7. The van der Waals surface area contributed by atoms with Crippen molar-refractivity contribution in [1.82, 2.24) is 14.5 Å². The average Bonchev–Trinajstić information content (AvgIpc) is 3.30. The predicted molar refractivity (Wildman–Crippen MR) is 163 cm³/mol. The van der Waals surface area contributed by atoms with Gasteiger partial charge in [0.05, 0.1) is 35.8 Å². The summed E-state index contributed by atoms with van der Waals surface area (Å²) in [5.41, 5.74) is 3.09. The fourth-order valence-corrected chi connectivity index (χ4v) is 7.09. The number of aryl methyl sites for hydroxylation is 2. The highest BCUT2D eigenvalue weighted by Crippen LogP contribution is 2.30. The molecular formula is C32H40N4O5S. The van der Waals surface area contributed by atoms with Crippen molar-refractivity contribution in [3.8, 4) is 0 Å². The molecule has 2 unspecified atom stereocenters. The summed E-state index contributed by atoms with van der Waals surface area (Å²) < 4.78 is 45.8. The van der Waals surface area contributed by atoms with E-state index in [2.05, 4.69) is 26.6 Å². The third-order valence-corrected chi connectivity index (χ3v) is 9.90. The highest BCUT2D eigenvalue weighted by molar-refractivity contribution is 7.86. The molecule has 2 aliphatic rings. The van der Waals surface area contributed by atoms with Gasteiger partial charge >= 0.3 is 0 Å². The molecule has 0 amide bonds. The van der Waals surface area contributed by atoms with Gasteiger partial charge in [0.1, 0.15) is 11.5 Å². The first-order chi connectivity index (χ1) is 20.4. The van der Waals surface area contributed by atoms with Gasteiger partial charge in [-0.25, -0.2) is 4.98 Å². The van der Waals surface area contributed by atoms with Gasteiger partial charge in [0.15, 0.2) is 0 Å². The Bertz CT molecular complexity index is 1610. The summed E-state index contributed by atoms with van der Waals surface area (Å²) in [6.45, 7) is 4.92. The van der Waals surface area contributed by atoms with Gasteiger partial charge in [-0.3, -0.25) is 9.17 Å². The van der Waals surface area contributed by atoms with Gasteiger partial charge in [-0.15, -0.1) is 0 Å². The molecule has 0 bridgehead atoms. The number of piperidine rings is 1. The van der Waals surface area contributed by atoms with E-state index in [1.54, 1.807) is 24.3 Å². The Labute approximate surface area is 247 Å². The Morgan fingerprint density at radius 1 is 1.00 bits per heavy atom. The van der Waals surface area contributed by atoms with E-state index in [1.807, 2.05) is 32.4 Å². The summed E-state index contributed by atoms with van der Waals surface area (Å²) in [7, 11) is -1.79. The number of hydrogen-bond donors (Lipinski definition) is 0. The first-order valence-electron chi connectivity index (χ1n) is 15.0. The van der Waals surface area contributed by atoms with E-state index in [1.165, 1.54) is 0 Å². The van der Waals surface area contributed by atoms with E-state index in [0.29, 0.717) is 6.61 Å². The van der Waals surface area contributed by atoms with E-state index < -0.39 is 10.1 Å². The van der Waals surface area contributed by atoms with Crippen LogP contribution in [0.2, 0.25) is 0 Å². The summed E-state index contributed by atoms with van der Waals surface area (Å²) in [6.07, 6.45) is 9.64. The monoisotopic (exact) mass is 592 g/mol. The molecule has 0 aliphatic carbocycles. The second kappa shape index (κ2) is 12.7. The van der Waals surface area contributed by atoms with Gasteiger partial charge in [-0.2, -0.15) is 8.42 Å². The molecule has 42 heavy (non-hydrogen) atoms. The largest absolute Gasteiger partial charge is 0.378 e. The maximum absolute atomic E-state index is 12.9. The fraction of sp³-hybridized carbons (Fsp3) is 0.500. The van der Waals surface area contributed by atoms with E-state index in [9.17, 15) is 8.42 Å². The Morgan fingerprint density at radius 3 is 2.57 bits per heavy atom. The first-order valence-corrected chi connectivity index (χ1v) is 16.4. The van der Waals surface area contributed by atoms with Gasteiger partial charge in [0, 0.05) is 55.8 Å². The van der Waals surface area contributed by atoms with Gasteiger partial charge < -0.3 is 18.9 Å². The fourth-order valence-electron chi connectivity index (χ4n) is 6.11. The molecule has 6 rings (SSSR count). The lowest BCUT2D eigenvalue weighted by Crippen LogP contribution is -2.38. The van der Waals surface area contributed by atoms with E-state index >= 15 is 0 Å². The average molecular weight is 593 g/mol. The molecule has 224 valence electrons. The summed E-state index contributed by atoms with van der Waals surface area (Å²) >= 11 is 0. The number of ether oxygens (including phenoxy) is 2. The van der Waals surface area contributed by atoms with Gasteiger partial charge in [-0.05, 0) is 75.8 Å². The number of rotatable bonds is 10. The van der Waals surface area contributed by atoms with Crippen LogP contribution in [0.3, 0.4) is 0 Å². The molecule has 0 radical (unpaired) electrons. The summed E-state index contributed by atoms with van der Waals surface area (Å²) in [4.78, 5) is 11.8. The van der Waals surface area contributed by atoms with Crippen molar-refractivity contribution in [2.75, 3.05) is 37.8 Å². The van der Waals surface area contributed by atoms with Crippen LogP contribution in [0.15, 0.2) is 59.8 Å². The predicted octanol–water partition coefficient (Wildman–Crippen LogP) is 5.40. The van der Waals surface area contributed by atoms with Crippen LogP contribution in [-0.4, -0.2) is 68.1 Å². The molecular weight excluding hydrogens is 552 g/mol. The van der Waals surface area contributed by atoms with Crippen LogP contribution in [0.5, 0.6) is 0 Å². The standard InChI is InChI=1S/C32H40N4O5S/c1-23-6-8-27(9-7-23)42(37,38)41-22-24(19-26-5-3-4-18-39-26)21-40-25-13-16-36(17-14-25)31-11-10-28-29-20-33-15-12-30(29)35(2)32(28)34-31/h6-12,15,20,24-26H,3-5,13-14,16-19,21-22H2,1-2H3. The van der Waals surface area contributed by atoms with Crippen molar-refractivity contribution in [1.29, 1.82) is 0 Å². The number of pyridine rings is 2. The quantitative estimate of drug-likeness (QED) is 0.226. The maximum Gasteiger partial charge on any atom is 0.296 e. The molecule has 2 saturated heterocycles. The van der Waals surface area contributed by atoms with Crippen LogP contribution in [0.4, 0.5) is 5.82 Å². The van der Waals surface area contributed by atoms with Crippen molar-refractivity contribution < 1.29 is 22.1 Å². The number of aromatic nitrogens is 3. The maximum atomic E-state index is 12.9. The Morgan fingerprint density at radius 2 is 1.81 bits per heavy atom. The topological polar surface area (TPSA) is 95.8 Å². The third-order valence-electron chi connectivity index (χ3n) is 8.60. The Balaban J connectivity index is 1.06. The van der Waals surface area contributed by atoms with Crippen LogP contribution < -0.4 is 4.90 Å². The van der Waals surface area contributed by atoms with Crippen LogP contribution in [-0.2, 0) is 30.8 Å². The van der Waals surface area contributed by atoms with E-state index in [-0.39, 0.29) is 29.6 Å². The molecule has 3 aromatic heterocycles. The molecule has 9 nitrogen and oxygen atoms in total. The van der Waals surface area contributed by atoms with Gasteiger partial charge in [0.2, 0.25) is 0 Å². The zero-order valence-corrected chi connectivity index (χ0v) is 25.3. The second-order valence-corrected chi connectivity index (χ2v) is 13.3. The molecule has 5 heterocycles. The van der Waals surface area contributed by atoms with Gasteiger partial charge in [-0.1, -0.05) is 17.7 Å². The van der Waals surface area contributed by atoms with Crippen molar-refractivity contribution in [3.63, 3.8) is 0 Å². The molecule has 0 spiro atoms. The molecule has 0 N–H and O–H groups in total. The number of nitrogens with zero attached hydrogens (tertiary/aromatic N) is 4. The number of fused-ring (bicyclic) bond motifs is 3. The van der Waals surface area contributed by atoms with Crippen LogP contribution >= 0.6 is 0 Å². The molecule has 1 aromatic carbocycles. The minimum absolute atomic E-state index is 0.0728. The molecule has 4 aromatic rings. The van der Waals surface area contributed by atoms with E-state index in [4.69, 9.17) is 18.6 Å². The first kappa shape index (κ1) is 29.0. The van der Waals surface area contributed by atoms with Crippen molar-refractivity contribution in [2.24, 2.45) is 13.0 Å². The minimum atomic E-state index is -3.84. The smallest absolute Gasteiger partial charge is 0.296 e. The Hall–Kier alpha value is -3.05. The van der Waals surface area contributed by atoms with Gasteiger partial charge in [0.25, 0.3) is 10.1 Å². The van der Waals surface area contributed by atoms with Crippen molar-refractivity contribution >= 4 is 37.9 Å². The zero-order chi connectivity index (χ0) is 29.1. The highest BCUT2D eigenvalue weighted by atomic mass is 32.2. The number of benzene rings is 1. The van der Waals surface area contributed by atoms with Crippen LogP contribution in [0, 0.1) is 12.8 Å². The summed E-state index contributed by atoms with van der Waals surface area (Å²) in [6, 6.07) is 13.0. The highest BCUT2D eigenvalue weighted by Gasteiger charge is 2.27. The lowest BCUT2D eigenvalue weighted by atomic mass is 9.97. The molecule has 2 fully saturated rings. The lowest BCUT2D eigenvalue weighted by Gasteiger charge is -2.34. The SMILES string of the molecule is Cc1ccc(S(=O)(=O)OCC(COC2CCN(c3ccc4c5cnccc5n(C)c4n3)CC2)CC2CCCCO2)cc1. The zero-order valence-electron chi connectivity index (χ0n) is 24.4. The van der Waals surface area contributed by atoms with Crippen LogP contribution in [0.25, 0.3) is 21.9 Å².